The number of hydrogen-bond acceptors (Lipinski definition) is 4. The summed E-state index contributed by atoms with van der Waals surface area (Å²) in [5.74, 6) is 2.69. The van der Waals surface area contributed by atoms with Gasteiger partial charge in [-0.1, -0.05) is 0 Å². The maximum atomic E-state index is 14.0. The number of benzene rings is 1. The molecule has 0 N–H and O–H groups in total. The van der Waals surface area contributed by atoms with Gasteiger partial charge in [0.25, 0.3) is 6.71 Å². The van der Waals surface area contributed by atoms with Gasteiger partial charge in [-0.15, -0.1) is 0 Å². The van der Waals surface area contributed by atoms with Crippen molar-refractivity contribution in [1.29, 1.82) is 5.26 Å². The van der Waals surface area contributed by atoms with Crippen molar-refractivity contribution < 1.29 is 9.13 Å². The van der Waals surface area contributed by atoms with Gasteiger partial charge in [0, 0.05) is 50.0 Å². The maximum absolute atomic E-state index is 14.0. The normalized spacial score (nSPS) is 20.4. The first-order valence-corrected chi connectivity index (χ1v) is 8.44. The molecule has 0 aromatic heterocycles. The van der Waals surface area contributed by atoms with Crippen LogP contribution in [0.3, 0.4) is 0 Å². The highest BCUT2D eigenvalue weighted by Crippen LogP contribution is 2.28. The minimum Gasteiger partial charge on any atom is -0.490 e. The van der Waals surface area contributed by atoms with Crippen molar-refractivity contribution in [3.63, 3.8) is 0 Å². The van der Waals surface area contributed by atoms with Crippen molar-refractivity contribution in [1.82, 2.24) is 4.90 Å². The van der Waals surface area contributed by atoms with Crippen LogP contribution in [-0.4, -0.2) is 50.9 Å². The molecule has 0 bridgehead atoms. The molecule has 0 aliphatic carbocycles. The summed E-state index contributed by atoms with van der Waals surface area (Å²) < 4.78 is 20.0. The van der Waals surface area contributed by atoms with E-state index in [1.165, 1.54) is 6.07 Å². The summed E-state index contributed by atoms with van der Waals surface area (Å²) in [6, 6.07) is 4.98. The largest absolute Gasteiger partial charge is 0.490 e. The summed E-state index contributed by atoms with van der Waals surface area (Å²) in [5.41, 5.74) is 0.865. The van der Waals surface area contributed by atoms with Crippen molar-refractivity contribution in [2.45, 2.75) is 31.6 Å². The second-order valence-electron chi connectivity index (χ2n) is 6.66. The van der Waals surface area contributed by atoms with Crippen molar-refractivity contribution in [3.8, 4) is 11.7 Å². The highest BCUT2D eigenvalue weighted by molar-refractivity contribution is 6.67. The molecule has 0 spiro atoms. The molecule has 122 valence electrons. The van der Waals surface area contributed by atoms with E-state index in [1.807, 2.05) is 6.07 Å². The molecule has 2 fully saturated rings. The molecular formula is C17H23BFN3O. The quantitative estimate of drug-likeness (QED) is 0.804. The predicted octanol–water partition coefficient (Wildman–Crippen LogP) is 2.68. The van der Waals surface area contributed by atoms with Gasteiger partial charge in [0.05, 0.1) is 0 Å². The van der Waals surface area contributed by atoms with Gasteiger partial charge >= 0.3 is 0 Å². The number of nitrogens with zero attached hydrogens (tertiary/aromatic N) is 3. The van der Waals surface area contributed by atoms with Gasteiger partial charge in [0.2, 0.25) is 0 Å². The second-order valence-corrected chi connectivity index (χ2v) is 6.66. The molecule has 23 heavy (non-hydrogen) atoms. The summed E-state index contributed by atoms with van der Waals surface area (Å²) in [5, 5.41) is 8.99. The van der Waals surface area contributed by atoms with Crippen molar-refractivity contribution >= 4 is 12.4 Å². The Morgan fingerprint density at radius 1 is 1.17 bits per heavy atom. The number of halogens is 1. The van der Waals surface area contributed by atoms with Crippen LogP contribution in [0.4, 0.5) is 10.1 Å². The number of hydrogen-bond donors (Lipinski definition) is 0. The molecule has 0 saturated carbocycles. The van der Waals surface area contributed by atoms with E-state index in [-0.39, 0.29) is 18.6 Å². The van der Waals surface area contributed by atoms with Crippen LogP contribution in [0.2, 0.25) is 12.6 Å². The van der Waals surface area contributed by atoms with Gasteiger partial charge in [-0.25, -0.2) is 9.65 Å². The lowest BCUT2D eigenvalue weighted by molar-refractivity contribution is 0.114. The van der Waals surface area contributed by atoms with Crippen LogP contribution < -0.4 is 9.64 Å². The SMILES string of the molecule is CN1CCC(Oc2cc(F)cc(N3CCB(C#N)CC3)c2)CC1. The van der Waals surface area contributed by atoms with Gasteiger partial charge in [-0.05, 0) is 38.6 Å². The monoisotopic (exact) mass is 315 g/mol. The van der Waals surface area contributed by atoms with Gasteiger partial charge in [0.1, 0.15) is 17.7 Å². The third-order valence-corrected chi connectivity index (χ3v) is 4.87. The van der Waals surface area contributed by atoms with Gasteiger partial charge in [0.15, 0.2) is 0 Å². The zero-order valence-electron chi connectivity index (χ0n) is 13.7. The predicted molar refractivity (Wildman–Crippen MR) is 90.7 cm³/mol. The molecule has 2 aliphatic heterocycles. The van der Waals surface area contributed by atoms with E-state index < -0.39 is 0 Å². The molecule has 2 aliphatic rings. The fourth-order valence-corrected chi connectivity index (χ4v) is 3.36. The fraction of sp³-hybridized carbons (Fsp3) is 0.588. The summed E-state index contributed by atoms with van der Waals surface area (Å²) in [6.45, 7) is 3.78. The Hall–Kier alpha value is -1.74. The van der Waals surface area contributed by atoms with Gasteiger partial charge in [-0.2, -0.15) is 0 Å². The molecule has 4 nitrogen and oxygen atoms in total. The Balaban J connectivity index is 1.66. The topological polar surface area (TPSA) is 39.5 Å². The first-order chi connectivity index (χ1) is 11.1. The Morgan fingerprint density at radius 3 is 2.52 bits per heavy atom. The van der Waals surface area contributed by atoms with E-state index in [2.05, 4.69) is 22.8 Å². The van der Waals surface area contributed by atoms with E-state index in [1.54, 1.807) is 6.07 Å². The zero-order chi connectivity index (χ0) is 16.2. The average Bonchev–Trinajstić information content (AvgIpc) is 2.56. The molecule has 0 atom stereocenters. The molecule has 0 radical (unpaired) electrons. The van der Waals surface area contributed by atoms with Crippen LogP contribution in [0.15, 0.2) is 18.2 Å². The number of piperidine rings is 1. The number of anilines is 1. The molecule has 0 unspecified atom stereocenters. The highest BCUT2D eigenvalue weighted by atomic mass is 19.1. The summed E-state index contributed by atoms with van der Waals surface area (Å²) >= 11 is 0. The molecule has 1 aromatic carbocycles. The van der Waals surface area contributed by atoms with E-state index in [4.69, 9.17) is 10.00 Å². The molecule has 3 rings (SSSR count). The second kappa shape index (κ2) is 7.22. The van der Waals surface area contributed by atoms with E-state index in [9.17, 15) is 4.39 Å². The van der Waals surface area contributed by atoms with Crippen LogP contribution >= 0.6 is 0 Å². The number of nitriles is 1. The lowest BCUT2D eigenvalue weighted by Gasteiger charge is -2.31. The minimum atomic E-state index is -0.257. The van der Waals surface area contributed by atoms with Crippen molar-refractivity contribution in [2.24, 2.45) is 0 Å². The Bertz CT molecular complexity index is 576. The van der Waals surface area contributed by atoms with E-state index >= 15 is 0 Å². The molecule has 6 heteroatoms. The minimum absolute atomic E-state index is 0.134. The summed E-state index contributed by atoms with van der Waals surface area (Å²) in [6.07, 6.45) is 3.83. The van der Waals surface area contributed by atoms with Crippen molar-refractivity contribution in [2.75, 3.05) is 38.1 Å². The molecule has 0 amide bonds. The van der Waals surface area contributed by atoms with Gasteiger partial charge < -0.3 is 14.5 Å². The Morgan fingerprint density at radius 2 is 1.87 bits per heavy atom. The summed E-state index contributed by atoms with van der Waals surface area (Å²) in [7, 11) is 2.11. The van der Waals surface area contributed by atoms with Crippen LogP contribution in [0.1, 0.15) is 12.8 Å². The average molecular weight is 315 g/mol. The standard InChI is InChI=1S/C17H23BFN3O/c1-21-6-2-16(3-7-21)23-17-11-14(19)10-15(12-17)22-8-4-18(13-20)5-9-22/h10-12,16H,2-9H2,1H3. The highest BCUT2D eigenvalue weighted by Gasteiger charge is 2.24. The third-order valence-electron chi connectivity index (χ3n) is 4.87. The molecule has 2 heterocycles. The van der Waals surface area contributed by atoms with Crippen LogP contribution in [0.25, 0.3) is 0 Å². The van der Waals surface area contributed by atoms with Crippen LogP contribution in [-0.2, 0) is 0 Å². The lowest BCUT2D eigenvalue weighted by Crippen LogP contribution is -2.37. The first-order valence-electron chi connectivity index (χ1n) is 8.44. The smallest absolute Gasteiger partial charge is 0.271 e. The van der Waals surface area contributed by atoms with Gasteiger partial charge in [-0.3, -0.25) is 0 Å². The molecular weight excluding hydrogens is 292 g/mol. The third kappa shape index (κ3) is 4.17. The summed E-state index contributed by atoms with van der Waals surface area (Å²) in [4.78, 5) is 4.44. The lowest BCUT2D eigenvalue weighted by atomic mass is 9.45. The number of ether oxygens (including phenoxy) is 1. The van der Waals surface area contributed by atoms with E-state index in [0.717, 1.165) is 57.3 Å². The van der Waals surface area contributed by atoms with E-state index in [0.29, 0.717) is 5.75 Å². The first kappa shape index (κ1) is 16.1. The van der Waals surface area contributed by atoms with Crippen molar-refractivity contribution in [3.05, 3.63) is 24.0 Å². The number of rotatable bonds is 3. The molecule has 2 saturated heterocycles. The maximum Gasteiger partial charge on any atom is 0.271 e. The van der Waals surface area contributed by atoms with Crippen LogP contribution in [0.5, 0.6) is 5.75 Å². The Kier molecular flexibility index (Phi) is 5.07. The fourth-order valence-electron chi connectivity index (χ4n) is 3.36. The molecule has 1 aromatic rings. The Labute approximate surface area is 137 Å². The van der Waals surface area contributed by atoms with Crippen LogP contribution in [0, 0.1) is 17.0 Å². The zero-order valence-corrected chi connectivity index (χ0v) is 13.7. The number of likely N-dealkylation sites (tertiary alicyclic amines) is 1.